The number of carbonyl (C=O) groups is 1. The number of rotatable bonds is 7. The molecule has 0 aliphatic rings. The fraction of sp³-hybridized carbons (Fsp3) is 0.562. The summed E-state index contributed by atoms with van der Waals surface area (Å²) in [5, 5.41) is 0. The summed E-state index contributed by atoms with van der Waals surface area (Å²) < 4.78 is 4.74. The Bertz CT molecular complexity index is 403. The summed E-state index contributed by atoms with van der Waals surface area (Å²) in [6, 6.07) is 8.08. The van der Waals surface area contributed by atoms with Crippen LogP contribution in [0.15, 0.2) is 24.3 Å². The van der Waals surface area contributed by atoms with E-state index in [-0.39, 0.29) is 5.97 Å². The summed E-state index contributed by atoms with van der Waals surface area (Å²) in [7, 11) is 3.56. The van der Waals surface area contributed by atoms with Crippen LogP contribution < -0.4 is 0 Å². The van der Waals surface area contributed by atoms with E-state index in [1.165, 1.54) is 19.1 Å². The second-order valence-electron chi connectivity index (χ2n) is 5.23. The monoisotopic (exact) mass is 263 g/mol. The first-order valence-corrected chi connectivity index (χ1v) is 6.89. The second kappa shape index (κ2) is 7.95. The lowest BCUT2D eigenvalue weighted by Gasteiger charge is -2.21. The van der Waals surface area contributed by atoms with E-state index < -0.39 is 0 Å². The molecule has 0 bridgehead atoms. The van der Waals surface area contributed by atoms with Gasteiger partial charge in [0.05, 0.1) is 13.5 Å². The van der Waals surface area contributed by atoms with Crippen LogP contribution in [-0.4, -0.2) is 31.6 Å². The average molecular weight is 263 g/mol. The minimum absolute atomic E-state index is 0.183. The standard InChI is InChI=1S/C16H25NO2/c1-5-13(2)11-17(3)12-15-9-7-6-8-14(15)10-16(18)19-4/h6-9,13H,5,10-12H2,1-4H3. The Hall–Kier alpha value is -1.35. The molecule has 0 heterocycles. The van der Waals surface area contributed by atoms with Crippen LogP contribution in [0.3, 0.4) is 0 Å². The van der Waals surface area contributed by atoms with Gasteiger partial charge in [-0.3, -0.25) is 4.79 Å². The topological polar surface area (TPSA) is 29.5 Å². The number of hydrogen-bond donors (Lipinski definition) is 0. The van der Waals surface area contributed by atoms with E-state index in [0.717, 1.165) is 18.7 Å². The van der Waals surface area contributed by atoms with Gasteiger partial charge in [-0.15, -0.1) is 0 Å². The number of ether oxygens (including phenoxy) is 1. The Morgan fingerprint density at radius 2 is 1.95 bits per heavy atom. The zero-order valence-electron chi connectivity index (χ0n) is 12.5. The van der Waals surface area contributed by atoms with Crippen LogP contribution in [0.25, 0.3) is 0 Å². The fourth-order valence-corrected chi connectivity index (χ4v) is 2.13. The van der Waals surface area contributed by atoms with E-state index in [0.29, 0.717) is 12.3 Å². The molecule has 0 N–H and O–H groups in total. The van der Waals surface area contributed by atoms with Gasteiger partial charge in [0.1, 0.15) is 0 Å². The minimum atomic E-state index is -0.183. The molecule has 106 valence electrons. The van der Waals surface area contributed by atoms with Crippen LogP contribution in [-0.2, 0) is 22.5 Å². The highest BCUT2D eigenvalue weighted by Crippen LogP contribution is 2.14. The Morgan fingerprint density at radius 1 is 1.32 bits per heavy atom. The molecule has 0 aromatic heterocycles. The van der Waals surface area contributed by atoms with E-state index in [1.807, 2.05) is 18.2 Å². The highest BCUT2D eigenvalue weighted by Gasteiger charge is 2.10. The second-order valence-corrected chi connectivity index (χ2v) is 5.23. The number of methoxy groups -OCH3 is 1. The maximum absolute atomic E-state index is 11.4. The smallest absolute Gasteiger partial charge is 0.309 e. The maximum atomic E-state index is 11.4. The van der Waals surface area contributed by atoms with Crippen molar-refractivity contribution in [2.24, 2.45) is 5.92 Å². The Kier molecular flexibility index (Phi) is 6.57. The van der Waals surface area contributed by atoms with E-state index >= 15 is 0 Å². The van der Waals surface area contributed by atoms with E-state index in [1.54, 1.807) is 0 Å². The van der Waals surface area contributed by atoms with Crippen molar-refractivity contribution in [3.8, 4) is 0 Å². The van der Waals surface area contributed by atoms with Gasteiger partial charge in [-0.1, -0.05) is 44.5 Å². The molecule has 1 rings (SSSR count). The first kappa shape index (κ1) is 15.7. The molecular weight excluding hydrogens is 238 g/mol. The third-order valence-electron chi connectivity index (χ3n) is 3.44. The Balaban J connectivity index is 2.69. The maximum Gasteiger partial charge on any atom is 0.309 e. The van der Waals surface area contributed by atoms with Gasteiger partial charge in [-0.25, -0.2) is 0 Å². The summed E-state index contributed by atoms with van der Waals surface area (Å²) in [6.45, 7) is 6.42. The molecule has 1 unspecified atom stereocenters. The molecule has 3 nitrogen and oxygen atoms in total. The number of esters is 1. The van der Waals surface area contributed by atoms with Crippen LogP contribution in [0.5, 0.6) is 0 Å². The van der Waals surface area contributed by atoms with Gasteiger partial charge >= 0.3 is 5.97 Å². The SMILES string of the molecule is CCC(C)CN(C)Cc1ccccc1CC(=O)OC. The van der Waals surface area contributed by atoms with Gasteiger partial charge in [0.2, 0.25) is 0 Å². The molecule has 0 radical (unpaired) electrons. The zero-order valence-corrected chi connectivity index (χ0v) is 12.5. The lowest BCUT2D eigenvalue weighted by atomic mass is 10.0. The van der Waals surface area contributed by atoms with Crippen LogP contribution in [0.2, 0.25) is 0 Å². The van der Waals surface area contributed by atoms with Crippen molar-refractivity contribution in [3.05, 3.63) is 35.4 Å². The third kappa shape index (κ3) is 5.43. The molecule has 1 atom stereocenters. The molecule has 0 aliphatic heterocycles. The van der Waals surface area contributed by atoms with Gasteiger partial charge in [0, 0.05) is 13.1 Å². The summed E-state index contributed by atoms with van der Waals surface area (Å²) in [5.74, 6) is 0.509. The zero-order chi connectivity index (χ0) is 14.3. The first-order valence-electron chi connectivity index (χ1n) is 6.89. The van der Waals surface area contributed by atoms with Crippen molar-refractivity contribution in [1.82, 2.24) is 4.90 Å². The van der Waals surface area contributed by atoms with E-state index in [2.05, 4.69) is 31.9 Å². The molecule has 19 heavy (non-hydrogen) atoms. The average Bonchev–Trinajstić information content (AvgIpc) is 2.40. The predicted molar refractivity (Wildman–Crippen MR) is 78.0 cm³/mol. The molecule has 0 saturated carbocycles. The minimum Gasteiger partial charge on any atom is -0.469 e. The summed E-state index contributed by atoms with van der Waals surface area (Å²) in [4.78, 5) is 13.7. The number of nitrogens with zero attached hydrogens (tertiary/aromatic N) is 1. The quantitative estimate of drug-likeness (QED) is 0.708. The Morgan fingerprint density at radius 3 is 2.53 bits per heavy atom. The molecule has 0 spiro atoms. The fourth-order valence-electron chi connectivity index (χ4n) is 2.13. The van der Waals surface area contributed by atoms with Gasteiger partial charge in [0.15, 0.2) is 0 Å². The lowest BCUT2D eigenvalue weighted by Crippen LogP contribution is -2.24. The predicted octanol–water partition coefficient (Wildman–Crippen LogP) is 2.88. The molecule has 3 heteroatoms. The number of hydrogen-bond acceptors (Lipinski definition) is 3. The molecule has 1 aromatic carbocycles. The molecule has 0 amide bonds. The van der Waals surface area contributed by atoms with Crippen molar-refractivity contribution >= 4 is 5.97 Å². The van der Waals surface area contributed by atoms with Crippen molar-refractivity contribution < 1.29 is 9.53 Å². The highest BCUT2D eigenvalue weighted by molar-refractivity contribution is 5.72. The van der Waals surface area contributed by atoms with Crippen molar-refractivity contribution in [2.75, 3.05) is 20.7 Å². The number of carbonyl (C=O) groups excluding carboxylic acids is 1. The van der Waals surface area contributed by atoms with Gasteiger partial charge in [-0.2, -0.15) is 0 Å². The van der Waals surface area contributed by atoms with Crippen molar-refractivity contribution in [1.29, 1.82) is 0 Å². The first-order chi connectivity index (χ1) is 9.06. The summed E-state index contributed by atoms with van der Waals surface area (Å²) in [6.07, 6.45) is 1.54. The van der Waals surface area contributed by atoms with Crippen molar-refractivity contribution in [2.45, 2.75) is 33.2 Å². The molecule has 0 saturated heterocycles. The lowest BCUT2D eigenvalue weighted by molar-refractivity contribution is -0.139. The molecule has 0 aliphatic carbocycles. The normalized spacial score (nSPS) is 12.5. The van der Waals surface area contributed by atoms with Gasteiger partial charge in [0.25, 0.3) is 0 Å². The van der Waals surface area contributed by atoms with E-state index in [9.17, 15) is 4.79 Å². The molecular formula is C16H25NO2. The van der Waals surface area contributed by atoms with Crippen LogP contribution in [0.1, 0.15) is 31.4 Å². The van der Waals surface area contributed by atoms with Gasteiger partial charge in [-0.05, 0) is 24.1 Å². The van der Waals surface area contributed by atoms with Crippen molar-refractivity contribution in [3.63, 3.8) is 0 Å². The highest BCUT2D eigenvalue weighted by atomic mass is 16.5. The van der Waals surface area contributed by atoms with E-state index in [4.69, 9.17) is 4.74 Å². The van der Waals surface area contributed by atoms with Crippen LogP contribution >= 0.6 is 0 Å². The molecule has 0 fully saturated rings. The van der Waals surface area contributed by atoms with Gasteiger partial charge < -0.3 is 9.64 Å². The van der Waals surface area contributed by atoms with Crippen LogP contribution in [0, 0.1) is 5.92 Å². The van der Waals surface area contributed by atoms with Crippen LogP contribution in [0.4, 0.5) is 0 Å². The Labute approximate surface area is 116 Å². The summed E-state index contributed by atoms with van der Waals surface area (Å²) in [5.41, 5.74) is 2.27. The largest absolute Gasteiger partial charge is 0.469 e. The number of benzene rings is 1. The molecule has 1 aromatic rings. The third-order valence-corrected chi connectivity index (χ3v) is 3.44. The summed E-state index contributed by atoms with van der Waals surface area (Å²) >= 11 is 0.